The van der Waals surface area contributed by atoms with Gasteiger partial charge < -0.3 is 15.1 Å². The first-order valence-electron chi connectivity index (χ1n) is 9.97. The number of fused-ring (bicyclic) bond motifs is 3. The Balaban J connectivity index is 1.30. The van der Waals surface area contributed by atoms with E-state index in [9.17, 15) is 14.4 Å². The molecule has 2 aromatic heterocycles. The van der Waals surface area contributed by atoms with Crippen LogP contribution in [0, 0.1) is 0 Å². The van der Waals surface area contributed by atoms with Crippen molar-refractivity contribution >= 4 is 40.2 Å². The maximum atomic E-state index is 13.2. The van der Waals surface area contributed by atoms with Crippen molar-refractivity contribution in [2.45, 2.75) is 37.8 Å². The lowest BCUT2D eigenvalue weighted by atomic mass is 9.80. The van der Waals surface area contributed by atoms with E-state index in [2.05, 4.69) is 10.6 Å². The SMILES string of the molecule is C[C@@H](NC(=O)CN1C(=O)N[C@]2(CCCc3sccc32)C1=O)c1cc2ccccc2o1. The molecule has 0 unspecified atom stereocenters. The highest BCUT2D eigenvalue weighted by Crippen LogP contribution is 2.42. The van der Waals surface area contributed by atoms with E-state index in [4.69, 9.17) is 4.42 Å². The predicted molar refractivity (Wildman–Crippen MR) is 112 cm³/mol. The Kier molecular flexibility index (Phi) is 4.39. The molecule has 3 heterocycles. The van der Waals surface area contributed by atoms with Gasteiger partial charge in [0.2, 0.25) is 5.91 Å². The highest BCUT2D eigenvalue weighted by atomic mass is 32.1. The molecule has 3 aromatic rings. The summed E-state index contributed by atoms with van der Waals surface area (Å²) in [6.45, 7) is 1.48. The Bertz CT molecular complexity index is 1130. The molecule has 2 atom stereocenters. The quantitative estimate of drug-likeness (QED) is 0.629. The fraction of sp³-hybridized carbons (Fsp3) is 0.318. The van der Waals surface area contributed by atoms with Crippen LogP contribution in [-0.2, 0) is 21.5 Å². The number of rotatable bonds is 4. The largest absolute Gasteiger partial charge is 0.459 e. The number of para-hydroxylation sites is 1. The lowest BCUT2D eigenvalue weighted by Gasteiger charge is -2.31. The van der Waals surface area contributed by atoms with E-state index < -0.39 is 23.5 Å². The number of benzene rings is 1. The second kappa shape index (κ2) is 6.98. The molecular weight excluding hydrogens is 402 g/mol. The smallest absolute Gasteiger partial charge is 0.325 e. The van der Waals surface area contributed by atoms with Crippen LogP contribution in [0.1, 0.15) is 42.0 Å². The molecule has 1 fully saturated rings. The second-order valence-corrected chi connectivity index (χ2v) is 8.81. The topological polar surface area (TPSA) is 91.7 Å². The first-order valence-corrected chi connectivity index (χ1v) is 10.8. The molecule has 1 aliphatic carbocycles. The predicted octanol–water partition coefficient (Wildman–Crippen LogP) is 3.46. The van der Waals surface area contributed by atoms with Crippen LogP contribution < -0.4 is 10.6 Å². The van der Waals surface area contributed by atoms with E-state index in [0.717, 1.165) is 39.2 Å². The van der Waals surface area contributed by atoms with Gasteiger partial charge in [-0.1, -0.05) is 18.2 Å². The molecular formula is C22H21N3O4S. The fourth-order valence-corrected chi connectivity index (χ4v) is 5.40. The molecule has 8 heteroatoms. The lowest BCUT2D eigenvalue weighted by molar-refractivity contribution is -0.135. The monoisotopic (exact) mass is 423 g/mol. The summed E-state index contributed by atoms with van der Waals surface area (Å²) in [5.74, 6) is -0.142. The maximum absolute atomic E-state index is 13.2. The Morgan fingerprint density at radius 1 is 1.33 bits per heavy atom. The molecule has 7 nitrogen and oxygen atoms in total. The zero-order chi connectivity index (χ0) is 20.9. The van der Waals surface area contributed by atoms with Crippen LogP contribution in [0.4, 0.5) is 4.79 Å². The van der Waals surface area contributed by atoms with Crippen molar-refractivity contribution in [2.24, 2.45) is 0 Å². The average molecular weight is 423 g/mol. The average Bonchev–Trinajstić information content (AvgIpc) is 3.43. The van der Waals surface area contributed by atoms with Gasteiger partial charge in [0.1, 0.15) is 23.4 Å². The van der Waals surface area contributed by atoms with Crippen molar-refractivity contribution in [3.8, 4) is 0 Å². The molecule has 0 saturated carbocycles. The number of furan rings is 1. The van der Waals surface area contributed by atoms with Crippen molar-refractivity contribution < 1.29 is 18.8 Å². The summed E-state index contributed by atoms with van der Waals surface area (Å²) in [5, 5.41) is 8.59. The summed E-state index contributed by atoms with van der Waals surface area (Å²) in [6.07, 6.45) is 2.28. The molecule has 1 aromatic carbocycles. The summed E-state index contributed by atoms with van der Waals surface area (Å²) in [4.78, 5) is 40.6. The van der Waals surface area contributed by atoms with Crippen LogP contribution in [0.25, 0.3) is 11.0 Å². The van der Waals surface area contributed by atoms with Gasteiger partial charge in [-0.15, -0.1) is 11.3 Å². The number of nitrogens with one attached hydrogen (secondary N) is 2. The fourth-order valence-electron chi connectivity index (χ4n) is 4.40. The minimum atomic E-state index is -1.03. The number of carbonyl (C=O) groups is 3. The molecule has 2 aliphatic rings. The number of amides is 4. The van der Waals surface area contributed by atoms with Crippen LogP contribution in [-0.4, -0.2) is 29.3 Å². The number of urea groups is 1. The molecule has 1 aliphatic heterocycles. The zero-order valence-corrected chi connectivity index (χ0v) is 17.3. The molecule has 1 saturated heterocycles. The van der Waals surface area contributed by atoms with Gasteiger partial charge in [0.05, 0.1) is 6.04 Å². The van der Waals surface area contributed by atoms with Gasteiger partial charge in [0.15, 0.2) is 0 Å². The van der Waals surface area contributed by atoms with E-state index in [1.165, 1.54) is 0 Å². The first kappa shape index (κ1) is 18.9. The minimum absolute atomic E-state index is 0.323. The normalized spacial score (nSPS) is 21.7. The minimum Gasteiger partial charge on any atom is -0.459 e. The van der Waals surface area contributed by atoms with E-state index in [1.807, 2.05) is 48.7 Å². The first-order chi connectivity index (χ1) is 14.5. The molecule has 5 rings (SSSR count). The van der Waals surface area contributed by atoms with Gasteiger partial charge in [0.25, 0.3) is 5.91 Å². The van der Waals surface area contributed by atoms with Crippen LogP contribution in [0.5, 0.6) is 0 Å². The summed E-state index contributed by atoms with van der Waals surface area (Å²) in [5.41, 5.74) is 0.583. The van der Waals surface area contributed by atoms with Crippen LogP contribution in [0.3, 0.4) is 0 Å². The van der Waals surface area contributed by atoms with Gasteiger partial charge in [-0.05, 0) is 49.8 Å². The second-order valence-electron chi connectivity index (χ2n) is 7.81. The van der Waals surface area contributed by atoms with Crippen LogP contribution in [0.15, 0.2) is 46.2 Å². The number of carbonyl (C=O) groups excluding carboxylic acids is 3. The van der Waals surface area contributed by atoms with E-state index >= 15 is 0 Å². The standard InChI is InChI=1S/C22H21N3O4S/c1-13(17-11-14-5-2-3-6-16(14)29-17)23-19(26)12-25-20(27)22(24-21(25)28)9-4-7-18-15(22)8-10-30-18/h2-3,5-6,8,10-11,13H,4,7,9,12H2,1H3,(H,23,26)(H,24,28)/t13-,22+/m1/s1. The number of imide groups is 1. The molecule has 4 amide bonds. The third kappa shape index (κ3) is 2.90. The van der Waals surface area contributed by atoms with Crippen LogP contribution >= 0.6 is 11.3 Å². The van der Waals surface area contributed by atoms with Crippen molar-refractivity contribution in [1.82, 2.24) is 15.5 Å². The third-order valence-electron chi connectivity index (χ3n) is 5.89. The molecule has 0 radical (unpaired) electrons. The highest BCUT2D eigenvalue weighted by Gasteiger charge is 2.54. The number of hydrogen-bond donors (Lipinski definition) is 2. The number of nitrogens with zero attached hydrogens (tertiary/aromatic N) is 1. The van der Waals surface area contributed by atoms with Crippen molar-refractivity contribution in [3.05, 3.63) is 58.0 Å². The zero-order valence-electron chi connectivity index (χ0n) is 16.4. The van der Waals surface area contributed by atoms with Crippen molar-refractivity contribution in [1.29, 1.82) is 0 Å². The Morgan fingerprint density at radius 3 is 3.00 bits per heavy atom. The molecule has 154 valence electrons. The summed E-state index contributed by atoms with van der Waals surface area (Å²) in [6, 6.07) is 10.5. The van der Waals surface area contributed by atoms with Gasteiger partial charge in [-0.25, -0.2) is 4.79 Å². The Hall–Kier alpha value is -3.13. The summed E-state index contributed by atoms with van der Waals surface area (Å²) >= 11 is 1.60. The Morgan fingerprint density at radius 2 is 2.17 bits per heavy atom. The van der Waals surface area contributed by atoms with Gasteiger partial charge >= 0.3 is 6.03 Å². The van der Waals surface area contributed by atoms with Crippen molar-refractivity contribution in [2.75, 3.05) is 6.54 Å². The van der Waals surface area contributed by atoms with Gasteiger partial charge in [0, 0.05) is 15.8 Å². The van der Waals surface area contributed by atoms with E-state index in [0.29, 0.717) is 12.2 Å². The van der Waals surface area contributed by atoms with Gasteiger partial charge in [-0.3, -0.25) is 14.5 Å². The Labute approximate surface area is 177 Å². The molecule has 2 N–H and O–H groups in total. The molecule has 30 heavy (non-hydrogen) atoms. The number of thiophene rings is 1. The van der Waals surface area contributed by atoms with E-state index in [1.54, 1.807) is 11.3 Å². The maximum Gasteiger partial charge on any atom is 0.325 e. The summed E-state index contributed by atoms with van der Waals surface area (Å²) < 4.78 is 5.79. The van der Waals surface area contributed by atoms with Crippen molar-refractivity contribution in [3.63, 3.8) is 0 Å². The number of aryl methyl sites for hydroxylation is 1. The third-order valence-corrected chi connectivity index (χ3v) is 6.87. The molecule has 0 bridgehead atoms. The van der Waals surface area contributed by atoms with E-state index in [-0.39, 0.29) is 12.5 Å². The summed E-state index contributed by atoms with van der Waals surface area (Å²) in [7, 11) is 0. The van der Waals surface area contributed by atoms with Crippen LogP contribution in [0.2, 0.25) is 0 Å². The highest BCUT2D eigenvalue weighted by molar-refractivity contribution is 7.10. The molecule has 1 spiro atoms. The lowest BCUT2D eigenvalue weighted by Crippen LogP contribution is -2.47. The van der Waals surface area contributed by atoms with Gasteiger partial charge in [-0.2, -0.15) is 0 Å². The number of hydrogen-bond acceptors (Lipinski definition) is 5.